The molecule has 1 N–H and O–H groups in total. The van der Waals surface area contributed by atoms with Gasteiger partial charge in [0.05, 0.1) is 22.2 Å². The summed E-state index contributed by atoms with van der Waals surface area (Å²) >= 11 is 11.8. The number of rotatable bonds is 5. The number of hydrogen-bond donors (Lipinski definition) is 1. The van der Waals surface area contributed by atoms with E-state index >= 15 is 0 Å². The second-order valence-electron chi connectivity index (χ2n) is 5.25. The van der Waals surface area contributed by atoms with E-state index in [4.69, 9.17) is 23.2 Å². The first-order chi connectivity index (χ1) is 11.2. The maximum Gasteiger partial charge on any atom is 0.243 e. The Kier molecular flexibility index (Phi) is 5.87. The molecule has 24 heavy (non-hydrogen) atoms. The van der Waals surface area contributed by atoms with E-state index in [9.17, 15) is 13.2 Å². The predicted octanol–water partition coefficient (Wildman–Crippen LogP) is 3.56. The van der Waals surface area contributed by atoms with Crippen molar-refractivity contribution in [3.63, 3.8) is 0 Å². The van der Waals surface area contributed by atoms with Crippen LogP contribution in [0.4, 0.5) is 5.69 Å². The van der Waals surface area contributed by atoms with Gasteiger partial charge in [-0.15, -0.1) is 0 Å². The Bertz CT molecular complexity index is 852. The Hall–Kier alpha value is -1.60. The molecular weight excluding hydrogens is 371 g/mol. The summed E-state index contributed by atoms with van der Waals surface area (Å²) in [6.45, 7) is 1.52. The van der Waals surface area contributed by atoms with Crippen molar-refractivity contribution >= 4 is 44.8 Å². The van der Waals surface area contributed by atoms with Crippen LogP contribution in [0.2, 0.25) is 10.0 Å². The molecule has 0 aliphatic carbocycles. The van der Waals surface area contributed by atoms with Crippen LogP contribution in [0.1, 0.15) is 5.56 Å². The standard InChI is InChI=1S/C16H16Cl2N2O3S/c1-11-3-6-13(7-4-11)24(22,23)20(2)10-16(21)19-15-9-12(17)5-8-14(15)18/h3-9H,10H2,1-2H3,(H,19,21). The molecule has 0 atom stereocenters. The Balaban J connectivity index is 2.10. The van der Waals surface area contributed by atoms with Gasteiger partial charge >= 0.3 is 0 Å². The number of nitrogens with one attached hydrogen (secondary N) is 1. The molecule has 0 spiro atoms. The van der Waals surface area contributed by atoms with Gasteiger partial charge in [0.2, 0.25) is 15.9 Å². The topological polar surface area (TPSA) is 66.5 Å². The summed E-state index contributed by atoms with van der Waals surface area (Å²) in [5.41, 5.74) is 1.28. The Morgan fingerprint density at radius 3 is 2.38 bits per heavy atom. The number of nitrogens with zero attached hydrogens (tertiary/aromatic N) is 1. The number of anilines is 1. The summed E-state index contributed by atoms with van der Waals surface area (Å²) in [6.07, 6.45) is 0. The molecule has 0 aliphatic rings. The van der Waals surface area contributed by atoms with Gasteiger partial charge in [-0.1, -0.05) is 40.9 Å². The van der Waals surface area contributed by atoms with E-state index in [1.165, 1.54) is 25.2 Å². The lowest BCUT2D eigenvalue weighted by molar-refractivity contribution is -0.116. The van der Waals surface area contributed by atoms with Crippen LogP contribution >= 0.6 is 23.2 Å². The number of hydrogen-bond acceptors (Lipinski definition) is 3. The summed E-state index contributed by atoms with van der Waals surface area (Å²) in [6, 6.07) is 11.1. The van der Waals surface area contributed by atoms with Crippen LogP contribution in [-0.2, 0) is 14.8 Å². The number of likely N-dealkylation sites (N-methyl/N-ethyl adjacent to an activating group) is 1. The van der Waals surface area contributed by atoms with E-state index in [2.05, 4.69) is 5.32 Å². The highest BCUT2D eigenvalue weighted by molar-refractivity contribution is 7.89. The van der Waals surface area contributed by atoms with Crippen molar-refractivity contribution in [2.75, 3.05) is 18.9 Å². The lowest BCUT2D eigenvalue weighted by Gasteiger charge is -2.17. The zero-order valence-electron chi connectivity index (χ0n) is 13.1. The molecule has 0 saturated carbocycles. The lowest BCUT2D eigenvalue weighted by Crippen LogP contribution is -2.35. The van der Waals surface area contributed by atoms with E-state index in [1.807, 2.05) is 6.92 Å². The smallest absolute Gasteiger partial charge is 0.243 e. The minimum Gasteiger partial charge on any atom is -0.324 e. The normalized spacial score (nSPS) is 11.5. The average Bonchev–Trinajstić information content (AvgIpc) is 2.51. The summed E-state index contributed by atoms with van der Waals surface area (Å²) in [7, 11) is -2.41. The van der Waals surface area contributed by atoms with Crippen LogP contribution in [0.5, 0.6) is 0 Å². The van der Waals surface area contributed by atoms with Crippen LogP contribution in [-0.4, -0.2) is 32.2 Å². The monoisotopic (exact) mass is 386 g/mol. The molecule has 1 amide bonds. The van der Waals surface area contributed by atoms with Crippen molar-refractivity contribution in [3.8, 4) is 0 Å². The van der Waals surface area contributed by atoms with Gasteiger partial charge in [-0.3, -0.25) is 4.79 Å². The molecule has 2 aromatic carbocycles. The molecule has 0 fully saturated rings. The third kappa shape index (κ3) is 4.48. The molecule has 0 heterocycles. The largest absolute Gasteiger partial charge is 0.324 e. The third-order valence-corrected chi connectivity index (χ3v) is 5.68. The van der Waals surface area contributed by atoms with Gasteiger partial charge in [0.25, 0.3) is 0 Å². The number of carbonyl (C=O) groups excluding carboxylic acids is 1. The molecular formula is C16H16Cl2N2O3S. The summed E-state index contributed by atoms with van der Waals surface area (Å²) < 4.78 is 25.9. The number of amides is 1. The highest BCUT2D eigenvalue weighted by Crippen LogP contribution is 2.25. The van der Waals surface area contributed by atoms with Crippen molar-refractivity contribution in [1.82, 2.24) is 4.31 Å². The van der Waals surface area contributed by atoms with Crippen molar-refractivity contribution in [2.45, 2.75) is 11.8 Å². The highest BCUT2D eigenvalue weighted by Gasteiger charge is 2.23. The molecule has 128 valence electrons. The summed E-state index contributed by atoms with van der Waals surface area (Å²) in [5, 5.41) is 3.28. The number of carbonyl (C=O) groups is 1. The molecule has 0 bridgehead atoms. The Morgan fingerprint density at radius 1 is 1.12 bits per heavy atom. The molecule has 0 radical (unpaired) electrons. The van der Waals surface area contributed by atoms with Gasteiger partial charge in [0.1, 0.15) is 0 Å². The zero-order valence-corrected chi connectivity index (χ0v) is 15.4. The maximum atomic E-state index is 12.5. The number of benzene rings is 2. The average molecular weight is 387 g/mol. The van der Waals surface area contributed by atoms with Gasteiger partial charge in [0, 0.05) is 12.1 Å². The molecule has 0 saturated heterocycles. The minimum absolute atomic E-state index is 0.129. The summed E-state index contributed by atoms with van der Waals surface area (Å²) in [5.74, 6) is -0.516. The first-order valence-electron chi connectivity index (χ1n) is 6.98. The molecule has 0 aromatic heterocycles. The van der Waals surface area contributed by atoms with Crippen molar-refractivity contribution in [1.29, 1.82) is 0 Å². The van der Waals surface area contributed by atoms with Gasteiger partial charge in [-0.25, -0.2) is 8.42 Å². The SMILES string of the molecule is Cc1ccc(S(=O)(=O)N(C)CC(=O)Nc2cc(Cl)ccc2Cl)cc1. The minimum atomic E-state index is -3.75. The second kappa shape index (κ2) is 7.53. The van der Waals surface area contributed by atoms with Crippen molar-refractivity contribution < 1.29 is 13.2 Å². The fourth-order valence-corrected chi connectivity index (χ4v) is 3.42. The van der Waals surface area contributed by atoms with Crippen molar-refractivity contribution in [2.24, 2.45) is 0 Å². The second-order valence-corrected chi connectivity index (χ2v) is 8.13. The molecule has 0 unspecified atom stereocenters. The van der Waals surface area contributed by atoms with Crippen LogP contribution in [0.3, 0.4) is 0 Å². The number of aryl methyl sites for hydroxylation is 1. The van der Waals surface area contributed by atoms with Gasteiger partial charge < -0.3 is 5.32 Å². The Labute approximate surface area is 151 Å². The van der Waals surface area contributed by atoms with Crippen LogP contribution < -0.4 is 5.32 Å². The first-order valence-corrected chi connectivity index (χ1v) is 9.17. The fraction of sp³-hybridized carbons (Fsp3) is 0.188. The van der Waals surface area contributed by atoms with Gasteiger partial charge in [0.15, 0.2) is 0 Å². The Morgan fingerprint density at radius 2 is 1.75 bits per heavy atom. The van der Waals surface area contributed by atoms with E-state index in [-0.39, 0.29) is 11.4 Å². The quantitative estimate of drug-likeness (QED) is 0.853. The van der Waals surface area contributed by atoms with Gasteiger partial charge in [-0.05, 0) is 37.3 Å². The summed E-state index contributed by atoms with van der Waals surface area (Å²) in [4.78, 5) is 12.2. The van der Waals surface area contributed by atoms with E-state index in [0.717, 1.165) is 9.87 Å². The van der Waals surface area contributed by atoms with E-state index < -0.39 is 15.9 Å². The van der Waals surface area contributed by atoms with E-state index in [0.29, 0.717) is 15.7 Å². The van der Waals surface area contributed by atoms with Crippen LogP contribution in [0.15, 0.2) is 47.4 Å². The van der Waals surface area contributed by atoms with Gasteiger partial charge in [-0.2, -0.15) is 4.31 Å². The van der Waals surface area contributed by atoms with E-state index in [1.54, 1.807) is 24.3 Å². The van der Waals surface area contributed by atoms with Crippen LogP contribution in [0, 0.1) is 6.92 Å². The molecule has 2 rings (SSSR count). The third-order valence-electron chi connectivity index (χ3n) is 3.30. The molecule has 8 heteroatoms. The maximum absolute atomic E-state index is 12.5. The number of sulfonamides is 1. The molecule has 5 nitrogen and oxygen atoms in total. The molecule has 2 aromatic rings. The number of halogens is 2. The molecule has 0 aliphatic heterocycles. The van der Waals surface area contributed by atoms with Crippen LogP contribution in [0.25, 0.3) is 0 Å². The lowest BCUT2D eigenvalue weighted by atomic mass is 10.2. The highest BCUT2D eigenvalue weighted by atomic mass is 35.5. The fourth-order valence-electron chi connectivity index (χ4n) is 1.96. The van der Waals surface area contributed by atoms with Crippen molar-refractivity contribution in [3.05, 3.63) is 58.1 Å². The first kappa shape index (κ1) is 18.7. The predicted molar refractivity (Wildman–Crippen MR) is 96.1 cm³/mol. The zero-order chi connectivity index (χ0) is 17.9.